The van der Waals surface area contributed by atoms with Crippen LogP contribution in [-0.2, 0) is 0 Å². The molecule has 0 atom stereocenters. The first-order chi connectivity index (χ1) is 9.86. The highest BCUT2D eigenvalue weighted by atomic mass is 16.6. The van der Waals surface area contributed by atoms with Gasteiger partial charge >= 0.3 is 0 Å². The standard InChI is InChI=1S/C14H20N4O3/c1-4-15-12-11(8-10(9-16-12)18(20)21)13(19)17-7-5-6-14(17,2)3/h8-9H,4-7H2,1-3H3,(H,15,16). The molecule has 0 unspecified atom stereocenters. The van der Waals surface area contributed by atoms with Gasteiger partial charge in [-0.2, -0.15) is 0 Å². The Morgan fingerprint density at radius 3 is 2.81 bits per heavy atom. The van der Waals surface area contributed by atoms with Gasteiger partial charge in [0.15, 0.2) is 0 Å². The third-order valence-electron chi connectivity index (χ3n) is 3.80. The van der Waals surface area contributed by atoms with Crippen molar-refractivity contribution in [3.05, 3.63) is 27.9 Å². The van der Waals surface area contributed by atoms with Crippen LogP contribution in [0.1, 0.15) is 44.0 Å². The van der Waals surface area contributed by atoms with Crippen LogP contribution in [0.5, 0.6) is 0 Å². The molecule has 0 aromatic carbocycles. The summed E-state index contributed by atoms with van der Waals surface area (Å²) >= 11 is 0. The van der Waals surface area contributed by atoms with E-state index >= 15 is 0 Å². The van der Waals surface area contributed by atoms with E-state index in [1.807, 2.05) is 20.8 Å². The lowest BCUT2D eigenvalue weighted by molar-refractivity contribution is -0.385. The highest BCUT2D eigenvalue weighted by Gasteiger charge is 2.37. The maximum Gasteiger partial charge on any atom is 0.288 e. The van der Waals surface area contributed by atoms with Crippen LogP contribution in [0.15, 0.2) is 12.3 Å². The number of aromatic nitrogens is 1. The molecule has 0 saturated carbocycles. The van der Waals surface area contributed by atoms with Crippen LogP contribution in [0.2, 0.25) is 0 Å². The Balaban J connectivity index is 2.42. The Morgan fingerprint density at radius 1 is 1.57 bits per heavy atom. The second-order valence-corrected chi connectivity index (χ2v) is 5.75. The molecule has 21 heavy (non-hydrogen) atoms. The molecule has 1 amide bonds. The van der Waals surface area contributed by atoms with Crippen LogP contribution < -0.4 is 5.32 Å². The molecule has 1 aromatic rings. The van der Waals surface area contributed by atoms with Gasteiger partial charge in [0.1, 0.15) is 12.0 Å². The van der Waals surface area contributed by atoms with Crippen LogP contribution in [0.4, 0.5) is 11.5 Å². The van der Waals surface area contributed by atoms with E-state index in [4.69, 9.17) is 0 Å². The minimum Gasteiger partial charge on any atom is -0.370 e. The van der Waals surface area contributed by atoms with E-state index in [0.717, 1.165) is 12.8 Å². The van der Waals surface area contributed by atoms with Crippen LogP contribution in [0.3, 0.4) is 0 Å². The third-order valence-corrected chi connectivity index (χ3v) is 3.80. The first kappa shape index (κ1) is 15.2. The average molecular weight is 292 g/mol. The zero-order valence-corrected chi connectivity index (χ0v) is 12.5. The van der Waals surface area contributed by atoms with Crippen LogP contribution in [-0.4, -0.2) is 39.3 Å². The van der Waals surface area contributed by atoms with Crippen LogP contribution in [0, 0.1) is 10.1 Å². The predicted octanol–water partition coefficient (Wildman–Crippen LogP) is 2.44. The number of carbonyl (C=O) groups is 1. The van der Waals surface area contributed by atoms with Crippen molar-refractivity contribution < 1.29 is 9.72 Å². The van der Waals surface area contributed by atoms with Gasteiger partial charge in [0.25, 0.3) is 11.6 Å². The number of pyridine rings is 1. The molecule has 2 rings (SSSR count). The Bertz CT molecular complexity index is 571. The molecular weight excluding hydrogens is 272 g/mol. The number of carbonyl (C=O) groups excluding carboxylic acids is 1. The topological polar surface area (TPSA) is 88.4 Å². The van der Waals surface area contributed by atoms with Gasteiger partial charge in [0.2, 0.25) is 0 Å². The first-order valence-electron chi connectivity index (χ1n) is 7.07. The number of hydrogen-bond acceptors (Lipinski definition) is 5. The fourth-order valence-corrected chi connectivity index (χ4v) is 2.65. The third kappa shape index (κ3) is 2.96. The van der Waals surface area contributed by atoms with Crippen molar-refractivity contribution in [2.75, 3.05) is 18.4 Å². The van der Waals surface area contributed by atoms with Crippen molar-refractivity contribution in [2.45, 2.75) is 39.2 Å². The fourth-order valence-electron chi connectivity index (χ4n) is 2.65. The molecule has 1 N–H and O–H groups in total. The Kier molecular flexibility index (Phi) is 4.11. The van der Waals surface area contributed by atoms with Crippen molar-refractivity contribution in [3.8, 4) is 0 Å². The summed E-state index contributed by atoms with van der Waals surface area (Å²) in [7, 11) is 0. The molecule has 1 aliphatic heterocycles. The highest BCUT2D eigenvalue weighted by Crippen LogP contribution is 2.31. The van der Waals surface area contributed by atoms with E-state index < -0.39 is 4.92 Å². The number of rotatable bonds is 4. The van der Waals surface area contributed by atoms with Crippen LogP contribution in [0.25, 0.3) is 0 Å². The summed E-state index contributed by atoms with van der Waals surface area (Å²) in [6.45, 7) is 7.16. The van der Waals surface area contributed by atoms with Gasteiger partial charge in [-0.15, -0.1) is 0 Å². The Morgan fingerprint density at radius 2 is 2.29 bits per heavy atom. The van der Waals surface area contributed by atoms with E-state index in [-0.39, 0.29) is 22.7 Å². The Labute approximate surface area is 123 Å². The maximum atomic E-state index is 12.8. The summed E-state index contributed by atoms with van der Waals surface area (Å²) in [4.78, 5) is 28.9. The van der Waals surface area contributed by atoms with Gasteiger partial charge in [-0.25, -0.2) is 4.98 Å². The number of anilines is 1. The molecule has 7 nitrogen and oxygen atoms in total. The molecule has 0 aliphatic carbocycles. The number of amides is 1. The lowest BCUT2D eigenvalue weighted by Gasteiger charge is -2.32. The molecule has 1 aliphatic rings. The summed E-state index contributed by atoms with van der Waals surface area (Å²) in [5.74, 6) is 0.195. The van der Waals surface area contributed by atoms with Crippen molar-refractivity contribution >= 4 is 17.4 Å². The lowest BCUT2D eigenvalue weighted by Crippen LogP contribution is -2.43. The van der Waals surface area contributed by atoms with Crippen molar-refractivity contribution in [3.63, 3.8) is 0 Å². The van der Waals surface area contributed by atoms with E-state index in [2.05, 4.69) is 10.3 Å². The number of likely N-dealkylation sites (tertiary alicyclic amines) is 1. The number of nitrogens with one attached hydrogen (secondary N) is 1. The summed E-state index contributed by atoms with van der Waals surface area (Å²) < 4.78 is 0. The van der Waals surface area contributed by atoms with Gasteiger partial charge in [-0.05, 0) is 33.6 Å². The fraction of sp³-hybridized carbons (Fsp3) is 0.571. The summed E-state index contributed by atoms with van der Waals surface area (Å²) in [5, 5.41) is 13.9. The zero-order chi connectivity index (χ0) is 15.6. The minimum atomic E-state index is -0.533. The molecular formula is C14H20N4O3. The van der Waals surface area contributed by atoms with E-state index in [1.54, 1.807) is 4.90 Å². The molecule has 1 aromatic heterocycles. The largest absolute Gasteiger partial charge is 0.370 e. The summed E-state index contributed by atoms with van der Waals surface area (Å²) in [6.07, 6.45) is 3.04. The second-order valence-electron chi connectivity index (χ2n) is 5.75. The molecule has 0 spiro atoms. The van der Waals surface area contributed by atoms with E-state index in [9.17, 15) is 14.9 Å². The maximum absolute atomic E-state index is 12.8. The van der Waals surface area contributed by atoms with Crippen molar-refractivity contribution in [1.29, 1.82) is 0 Å². The lowest BCUT2D eigenvalue weighted by atomic mass is 10.0. The SMILES string of the molecule is CCNc1ncc([N+](=O)[O-])cc1C(=O)N1CCCC1(C)C. The molecule has 114 valence electrons. The van der Waals surface area contributed by atoms with Gasteiger partial charge in [0.05, 0.1) is 10.5 Å². The molecule has 1 fully saturated rings. The van der Waals surface area contributed by atoms with Gasteiger partial charge in [0, 0.05) is 24.7 Å². The smallest absolute Gasteiger partial charge is 0.288 e. The molecule has 0 radical (unpaired) electrons. The molecule has 1 saturated heterocycles. The van der Waals surface area contributed by atoms with Gasteiger partial charge in [-0.1, -0.05) is 0 Å². The number of nitrogens with zero attached hydrogens (tertiary/aromatic N) is 3. The van der Waals surface area contributed by atoms with Gasteiger partial charge < -0.3 is 10.2 Å². The first-order valence-corrected chi connectivity index (χ1v) is 7.07. The normalized spacial score (nSPS) is 16.8. The summed E-state index contributed by atoms with van der Waals surface area (Å²) in [6, 6.07) is 1.31. The second kappa shape index (κ2) is 5.67. The summed E-state index contributed by atoms with van der Waals surface area (Å²) in [5.41, 5.74) is -0.136. The number of hydrogen-bond donors (Lipinski definition) is 1. The monoisotopic (exact) mass is 292 g/mol. The van der Waals surface area contributed by atoms with Crippen molar-refractivity contribution in [1.82, 2.24) is 9.88 Å². The highest BCUT2D eigenvalue weighted by molar-refractivity contribution is 5.99. The predicted molar refractivity (Wildman–Crippen MR) is 79.4 cm³/mol. The molecule has 7 heteroatoms. The molecule has 2 heterocycles. The van der Waals surface area contributed by atoms with Gasteiger partial charge in [-0.3, -0.25) is 14.9 Å². The Hall–Kier alpha value is -2.18. The van der Waals surface area contributed by atoms with Crippen molar-refractivity contribution in [2.24, 2.45) is 0 Å². The zero-order valence-electron chi connectivity index (χ0n) is 12.5. The average Bonchev–Trinajstić information content (AvgIpc) is 2.78. The minimum absolute atomic E-state index is 0.169. The van der Waals surface area contributed by atoms with E-state index in [1.165, 1.54) is 12.3 Å². The molecule has 0 bridgehead atoms. The number of nitro groups is 1. The quantitative estimate of drug-likeness (QED) is 0.680. The van der Waals surface area contributed by atoms with E-state index in [0.29, 0.717) is 18.9 Å². The van der Waals surface area contributed by atoms with Crippen LogP contribution >= 0.6 is 0 Å².